The molecule has 0 fully saturated rings. The van der Waals surface area contributed by atoms with Gasteiger partial charge in [0.2, 0.25) is 0 Å². The minimum absolute atomic E-state index is 0.0688. The van der Waals surface area contributed by atoms with Gasteiger partial charge in [-0.15, -0.1) is 0 Å². The zero-order valence-electron chi connectivity index (χ0n) is 6.92. The number of carbonyl (C=O) groups is 1. The smallest absolute Gasteiger partial charge is 0.176 e. The second-order valence-corrected chi connectivity index (χ2v) is 4.43. The van der Waals surface area contributed by atoms with Gasteiger partial charge >= 0.3 is 0 Å². The lowest BCUT2D eigenvalue weighted by atomic mass is 10.1. The summed E-state index contributed by atoms with van der Waals surface area (Å²) in [6, 6.07) is 4.45. The van der Waals surface area contributed by atoms with Gasteiger partial charge in [-0.25, -0.2) is 0 Å². The van der Waals surface area contributed by atoms with Crippen LogP contribution in [0.4, 0.5) is 0 Å². The number of halogens is 2. The second-order valence-electron chi connectivity index (χ2n) is 2.65. The van der Waals surface area contributed by atoms with Crippen molar-refractivity contribution in [3.63, 3.8) is 0 Å². The van der Waals surface area contributed by atoms with Gasteiger partial charge in [-0.05, 0) is 25.1 Å². The Balaban J connectivity index is 3.04. The van der Waals surface area contributed by atoms with Gasteiger partial charge in [-0.1, -0.05) is 27.5 Å². The molecule has 1 atom stereocenters. The first-order valence-electron chi connectivity index (χ1n) is 3.69. The van der Waals surface area contributed by atoms with Crippen molar-refractivity contribution in [2.24, 2.45) is 0 Å². The van der Waals surface area contributed by atoms with E-state index >= 15 is 0 Å². The van der Waals surface area contributed by atoms with E-state index < -0.39 is 0 Å². The molecule has 1 N–H and O–H groups in total. The molecule has 1 rings (SSSR count). The Bertz CT molecular complexity index is 336. The number of rotatable bonds is 2. The van der Waals surface area contributed by atoms with E-state index in [2.05, 4.69) is 15.9 Å². The fourth-order valence-electron chi connectivity index (χ4n) is 0.896. The molecule has 4 heteroatoms. The maximum Gasteiger partial charge on any atom is 0.176 e. The topological polar surface area (TPSA) is 37.3 Å². The fraction of sp³-hybridized carbons (Fsp3) is 0.222. The molecule has 0 saturated carbocycles. The number of carbonyl (C=O) groups excluding carboxylic acids is 1. The summed E-state index contributed by atoms with van der Waals surface area (Å²) in [4.78, 5) is 11.2. The Kier molecular flexibility index (Phi) is 3.33. The molecular formula is C9H8BrClO2. The zero-order chi connectivity index (χ0) is 10.0. The van der Waals surface area contributed by atoms with Gasteiger partial charge in [0.25, 0.3) is 0 Å². The average molecular weight is 264 g/mol. The summed E-state index contributed by atoms with van der Waals surface area (Å²) < 4.78 is 0. The first-order valence-corrected chi connectivity index (χ1v) is 4.98. The van der Waals surface area contributed by atoms with Crippen LogP contribution < -0.4 is 0 Å². The van der Waals surface area contributed by atoms with E-state index in [-0.39, 0.29) is 21.4 Å². The normalized spacial score (nSPS) is 12.5. The fourth-order valence-corrected chi connectivity index (χ4v) is 1.28. The Morgan fingerprint density at radius 1 is 1.62 bits per heavy atom. The molecule has 0 saturated heterocycles. The molecule has 13 heavy (non-hydrogen) atoms. The van der Waals surface area contributed by atoms with Crippen LogP contribution in [0, 0.1) is 0 Å². The largest absolute Gasteiger partial charge is 0.506 e. The maximum absolute atomic E-state index is 11.4. The van der Waals surface area contributed by atoms with Crippen LogP contribution in [0.3, 0.4) is 0 Å². The molecule has 0 amide bonds. The highest BCUT2D eigenvalue weighted by Crippen LogP contribution is 2.24. The van der Waals surface area contributed by atoms with E-state index in [0.29, 0.717) is 5.56 Å². The van der Waals surface area contributed by atoms with Crippen LogP contribution >= 0.6 is 27.5 Å². The number of phenols is 1. The van der Waals surface area contributed by atoms with Crippen molar-refractivity contribution in [3.8, 4) is 5.75 Å². The molecule has 0 aliphatic carbocycles. The molecule has 1 unspecified atom stereocenters. The Morgan fingerprint density at radius 2 is 2.23 bits per heavy atom. The van der Waals surface area contributed by atoms with Crippen LogP contribution in [0.1, 0.15) is 17.3 Å². The van der Waals surface area contributed by atoms with E-state index in [1.807, 2.05) is 0 Å². The Hall–Kier alpha value is -0.540. The molecular weight excluding hydrogens is 255 g/mol. The number of hydrogen-bond donors (Lipinski definition) is 1. The van der Waals surface area contributed by atoms with Gasteiger partial charge in [0.05, 0.1) is 9.85 Å². The third-order valence-corrected chi connectivity index (χ3v) is 2.33. The van der Waals surface area contributed by atoms with Crippen LogP contribution in [0.2, 0.25) is 5.02 Å². The van der Waals surface area contributed by atoms with E-state index in [9.17, 15) is 9.90 Å². The molecule has 1 aromatic carbocycles. The quantitative estimate of drug-likeness (QED) is 0.658. The van der Waals surface area contributed by atoms with Crippen LogP contribution in [-0.2, 0) is 0 Å². The van der Waals surface area contributed by atoms with Gasteiger partial charge in [0, 0.05) is 5.56 Å². The number of hydrogen-bond acceptors (Lipinski definition) is 2. The Morgan fingerprint density at radius 3 is 2.69 bits per heavy atom. The monoisotopic (exact) mass is 262 g/mol. The lowest BCUT2D eigenvalue weighted by molar-refractivity contribution is 0.0995. The third-order valence-electron chi connectivity index (χ3n) is 1.59. The first-order chi connectivity index (χ1) is 6.02. The lowest BCUT2D eigenvalue weighted by Crippen LogP contribution is -2.09. The highest BCUT2D eigenvalue weighted by atomic mass is 79.9. The van der Waals surface area contributed by atoms with E-state index in [1.165, 1.54) is 12.1 Å². The summed E-state index contributed by atoms with van der Waals surface area (Å²) in [7, 11) is 0. The maximum atomic E-state index is 11.4. The van der Waals surface area contributed by atoms with Crippen molar-refractivity contribution in [2.45, 2.75) is 11.8 Å². The molecule has 0 aromatic heterocycles. The van der Waals surface area contributed by atoms with E-state index in [4.69, 9.17) is 11.6 Å². The first kappa shape index (κ1) is 10.5. The summed E-state index contributed by atoms with van der Waals surface area (Å²) in [5.74, 6) is -0.146. The minimum atomic E-state index is -0.256. The molecule has 0 spiro atoms. The lowest BCUT2D eigenvalue weighted by Gasteiger charge is -2.03. The predicted octanol–water partition coefficient (Wildman–Crippen LogP) is 3.01. The van der Waals surface area contributed by atoms with Crippen molar-refractivity contribution in [1.29, 1.82) is 0 Å². The van der Waals surface area contributed by atoms with Gasteiger partial charge < -0.3 is 5.11 Å². The summed E-state index contributed by atoms with van der Waals surface area (Å²) in [6.45, 7) is 1.73. The number of alkyl halides is 1. The SMILES string of the molecule is CC(Br)C(=O)c1ccc(Cl)c(O)c1. The van der Waals surface area contributed by atoms with Crippen molar-refractivity contribution in [3.05, 3.63) is 28.8 Å². The summed E-state index contributed by atoms with van der Waals surface area (Å²) >= 11 is 8.75. The number of Topliss-reactive ketones (excluding diaryl/α,β-unsaturated/α-hetero) is 1. The van der Waals surface area contributed by atoms with Crippen molar-refractivity contribution in [1.82, 2.24) is 0 Å². The second kappa shape index (κ2) is 4.11. The van der Waals surface area contributed by atoms with Gasteiger partial charge in [0.15, 0.2) is 5.78 Å². The van der Waals surface area contributed by atoms with Crippen molar-refractivity contribution >= 4 is 33.3 Å². The molecule has 70 valence electrons. The highest BCUT2D eigenvalue weighted by molar-refractivity contribution is 9.10. The number of ketones is 1. The van der Waals surface area contributed by atoms with Crippen molar-refractivity contribution in [2.75, 3.05) is 0 Å². The number of aromatic hydroxyl groups is 1. The average Bonchev–Trinajstić information content (AvgIpc) is 2.08. The highest BCUT2D eigenvalue weighted by Gasteiger charge is 2.12. The third kappa shape index (κ3) is 2.45. The Labute approximate surface area is 89.7 Å². The molecule has 0 aliphatic rings. The molecule has 0 bridgehead atoms. The molecule has 1 aromatic rings. The number of benzene rings is 1. The zero-order valence-corrected chi connectivity index (χ0v) is 9.26. The van der Waals surface area contributed by atoms with Crippen LogP contribution in [0.25, 0.3) is 0 Å². The molecule has 0 radical (unpaired) electrons. The van der Waals surface area contributed by atoms with Crippen LogP contribution in [0.15, 0.2) is 18.2 Å². The van der Waals surface area contributed by atoms with Gasteiger partial charge in [-0.2, -0.15) is 0 Å². The molecule has 2 nitrogen and oxygen atoms in total. The predicted molar refractivity (Wildman–Crippen MR) is 55.8 cm³/mol. The summed E-state index contributed by atoms with van der Waals surface area (Å²) in [5.41, 5.74) is 0.450. The van der Waals surface area contributed by atoms with Gasteiger partial charge in [-0.3, -0.25) is 4.79 Å². The standard InChI is InChI=1S/C9H8BrClO2/c1-5(10)9(13)6-2-3-7(11)8(12)4-6/h2-5,12H,1H3. The van der Waals surface area contributed by atoms with Gasteiger partial charge in [0.1, 0.15) is 5.75 Å². The van der Waals surface area contributed by atoms with Crippen LogP contribution in [-0.4, -0.2) is 15.7 Å². The number of phenolic OH excluding ortho intramolecular Hbond substituents is 1. The van der Waals surface area contributed by atoms with E-state index in [0.717, 1.165) is 0 Å². The summed E-state index contributed by atoms with van der Waals surface area (Å²) in [5, 5.41) is 9.48. The van der Waals surface area contributed by atoms with Crippen molar-refractivity contribution < 1.29 is 9.90 Å². The molecule has 0 heterocycles. The molecule has 0 aliphatic heterocycles. The minimum Gasteiger partial charge on any atom is -0.506 e. The van der Waals surface area contributed by atoms with E-state index in [1.54, 1.807) is 13.0 Å². The van der Waals surface area contributed by atoms with Crippen LogP contribution in [0.5, 0.6) is 5.75 Å². The summed E-state index contributed by atoms with van der Waals surface area (Å²) in [6.07, 6.45) is 0.